The Hall–Kier alpha value is -2.74. The summed E-state index contributed by atoms with van der Waals surface area (Å²) in [5.41, 5.74) is 12.0. The standard InChI is InChI=1S/C28H31NO/c1-17-11-13-21(14-12-17)25-24-20(4)26(18(2)19(3)27(24)30-28(25,5)6)29-15-22-9-7-8-10-23(22)16-29/h7-14,25H,15-16H2,1-6H3. The van der Waals surface area contributed by atoms with Crippen LogP contribution in [0.25, 0.3) is 0 Å². The second-order valence-corrected chi connectivity index (χ2v) is 9.64. The maximum absolute atomic E-state index is 6.64. The van der Waals surface area contributed by atoms with E-state index in [2.05, 4.69) is 95.0 Å². The van der Waals surface area contributed by atoms with Crippen LogP contribution in [0.15, 0.2) is 48.5 Å². The van der Waals surface area contributed by atoms with Crippen LogP contribution >= 0.6 is 0 Å². The van der Waals surface area contributed by atoms with Crippen molar-refractivity contribution in [3.05, 3.63) is 93.0 Å². The number of benzene rings is 3. The molecule has 5 rings (SSSR count). The Balaban J connectivity index is 1.68. The van der Waals surface area contributed by atoms with Crippen molar-refractivity contribution in [2.45, 2.75) is 66.2 Å². The molecule has 2 heterocycles. The van der Waals surface area contributed by atoms with Gasteiger partial charge in [-0.2, -0.15) is 0 Å². The highest BCUT2D eigenvalue weighted by Gasteiger charge is 2.45. The zero-order chi connectivity index (χ0) is 21.2. The van der Waals surface area contributed by atoms with Gasteiger partial charge in [0.05, 0.1) is 5.92 Å². The summed E-state index contributed by atoms with van der Waals surface area (Å²) in [7, 11) is 0. The number of ether oxygens (including phenoxy) is 1. The third-order valence-electron chi connectivity index (χ3n) is 7.18. The lowest BCUT2D eigenvalue weighted by Crippen LogP contribution is -2.31. The fourth-order valence-corrected chi connectivity index (χ4v) is 5.57. The third-order valence-corrected chi connectivity index (χ3v) is 7.18. The molecule has 3 aromatic rings. The average Bonchev–Trinajstić information content (AvgIpc) is 3.25. The van der Waals surface area contributed by atoms with E-state index in [9.17, 15) is 0 Å². The summed E-state index contributed by atoms with van der Waals surface area (Å²) in [4.78, 5) is 2.56. The number of aryl methyl sites for hydroxylation is 1. The second-order valence-electron chi connectivity index (χ2n) is 9.64. The molecule has 3 aromatic carbocycles. The number of anilines is 1. The lowest BCUT2D eigenvalue weighted by Gasteiger charge is -2.28. The second kappa shape index (κ2) is 6.63. The molecule has 0 radical (unpaired) electrons. The van der Waals surface area contributed by atoms with E-state index >= 15 is 0 Å². The Morgan fingerprint density at radius 1 is 0.800 bits per heavy atom. The first-order valence-corrected chi connectivity index (χ1v) is 11.0. The van der Waals surface area contributed by atoms with Crippen molar-refractivity contribution in [3.63, 3.8) is 0 Å². The molecule has 0 aromatic heterocycles. The molecule has 0 saturated carbocycles. The molecular weight excluding hydrogens is 366 g/mol. The van der Waals surface area contributed by atoms with Gasteiger partial charge in [0.1, 0.15) is 11.4 Å². The molecule has 0 aliphatic carbocycles. The van der Waals surface area contributed by atoms with Crippen LogP contribution in [-0.4, -0.2) is 5.60 Å². The third kappa shape index (κ3) is 2.77. The summed E-state index contributed by atoms with van der Waals surface area (Å²) in [6, 6.07) is 17.8. The van der Waals surface area contributed by atoms with Crippen LogP contribution < -0.4 is 9.64 Å². The number of hydrogen-bond acceptors (Lipinski definition) is 2. The summed E-state index contributed by atoms with van der Waals surface area (Å²) in [6.07, 6.45) is 0. The zero-order valence-electron chi connectivity index (χ0n) is 19.0. The first kappa shape index (κ1) is 19.2. The molecule has 1 unspecified atom stereocenters. The van der Waals surface area contributed by atoms with Gasteiger partial charge in [-0.15, -0.1) is 0 Å². The maximum atomic E-state index is 6.64. The average molecular weight is 398 g/mol. The zero-order valence-corrected chi connectivity index (χ0v) is 19.0. The molecule has 2 aliphatic rings. The van der Waals surface area contributed by atoms with Crippen LogP contribution in [0.4, 0.5) is 5.69 Å². The van der Waals surface area contributed by atoms with E-state index in [-0.39, 0.29) is 11.5 Å². The fourth-order valence-electron chi connectivity index (χ4n) is 5.57. The topological polar surface area (TPSA) is 12.5 Å². The highest BCUT2D eigenvalue weighted by atomic mass is 16.5. The van der Waals surface area contributed by atoms with Crippen LogP contribution in [0.1, 0.15) is 64.3 Å². The minimum Gasteiger partial charge on any atom is -0.486 e. The summed E-state index contributed by atoms with van der Waals surface area (Å²) in [5, 5.41) is 0. The number of rotatable bonds is 2. The molecule has 0 fully saturated rings. The summed E-state index contributed by atoms with van der Waals surface area (Å²) in [5.74, 6) is 1.33. The van der Waals surface area contributed by atoms with Crippen LogP contribution in [-0.2, 0) is 13.1 Å². The first-order valence-electron chi connectivity index (χ1n) is 11.0. The molecule has 0 saturated heterocycles. The molecule has 154 valence electrons. The fraction of sp³-hybridized carbons (Fsp3) is 0.357. The molecule has 2 heteroatoms. The van der Waals surface area contributed by atoms with Crippen LogP contribution in [0.3, 0.4) is 0 Å². The van der Waals surface area contributed by atoms with Crippen molar-refractivity contribution in [2.75, 3.05) is 4.90 Å². The Labute approximate surface area is 180 Å². The van der Waals surface area contributed by atoms with Crippen molar-refractivity contribution in [2.24, 2.45) is 0 Å². The molecule has 2 aliphatic heterocycles. The quantitative estimate of drug-likeness (QED) is 0.474. The van der Waals surface area contributed by atoms with E-state index in [1.54, 1.807) is 0 Å². The number of fused-ring (bicyclic) bond motifs is 2. The van der Waals surface area contributed by atoms with Gasteiger partial charge in [0.2, 0.25) is 0 Å². The van der Waals surface area contributed by atoms with Crippen LogP contribution in [0.2, 0.25) is 0 Å². The first-order chi connectivity index (χ1) is 14.3. The lowest BCUT2D eigenvalue weighted by molar-refractivity contribution is 0.121. The van der Waals surface area contributed by atoms with E-state index in [4.69, 9.17) is 4.74 Å². The lowest BCUT2D eigenvalue weighted by atomic mass is 9.78. The maximum Gasteiger partial charge on any atom is 0.127 e. The van der Waals surface area contributed by atoms with Gasteiger partial charge >= 0.3 is 0 Å². The van der Waals surface area contributed by atoms with Crippen molar-refractivity contribution >= 4 is 5.69 Å². The van der Waals surface area contributed by atoms with E-state index in [1.165, 1.54) is 50.2 Å². The Morgan fingerprint density at radius 2 is 1.40 bits per heavy atom. The van der Waals surface area contributed by atoms with Gasteiger partial charge in [0, 0.05) is 24.3 Å². The SMILES string of the molecule is Cc1ccc(C2c3c(C)c(N4Cc5ccccc5C4)c(C)c(C)c3OC2(C)C)cc1. The number of nitrogens with zero attached hydrogens (tertiary/aromatic N) is 1. The van der Waals surface area contributed by atoms with Gasteiger partial charge in [-0.1, -0.05) is 54.1 Å². The largest absolute Gasteiger partial charge is 0.486 e. The molecule has 0 amide bonds. The van der Waals surface area contributed by atoms with Gasteiger partial charge in [-0.05, 0) is 74.9 Å². The predicted octanol–water partition coefficient (Wildman–Crippen LogP) is 6.74. The summed E-state index contributed by atoms with van der Waals surface area (Å²) >= 11 is 0. The van der Waals surface area contributed by atoms with E-state index in [0.29, 0.717) is 0 Å². The van der Waals surface area contributed by atoms with Crippen LogP contribution in [0, 0.1) is 27.7 Å². The predicted molar refractivity (Wildman–Crippen MR) is 125 cm³/mol. The van der Waals surface area contributed by atoms with Gasteiger partial charge in [-0.3, -0.25) is 0 Å². The summed E-state index contributed by atoms with van der Waals surface area (Å²) in [6.45, 7) is 15.4. The van der Waals surface area contributed by atoms with E-state index in [0.717, 1.165) is 18.8 Å². The molecule has 0 bridgehead atoms. The van der Waals surface area contributed by atoms with Gasteiger partial charge < -0.3 is 9.64 Å². The molecule has 2 nitrogen and oxygen atoms in total. The van der Waals surface area contributed by atoms with Crippen molar-refractivity contribution < 1.29 is 4.74 Å². The molecule has 1 atom stereocenters. The Kier molecular flexibility index (Phi) is 4.25. The minimum atomic E-state index is -0.272. The van der Waals surface area contributed by atoms with Gasteiger partial charge in [0.15, 0.2) is 0 Å². The monoisotopic (exact) mass is 397 g/mol. The van der Waals surface area contributed by atoms with Crippen LogP contribution in [0.5, 0.6) is 5.75 Å². The molecule has 0 spiro atoms. The van der Waals surface area contributed by atoms with E-state index in [1.807, 2.05) is 0 Å². The molecule has 30 heavy (non-hydrogen) atoms. The van der Waals surface area contributed by atoms with Crippen molar-refractivity contribution in [1.29, 1.82) is 0 Å². The van der Waals surface area contributed by atoms with Crippen molar-refractivity contribution in [3.8, 4) is 5.75 Å². The van der Waals surface area contributed by atoms with Gasteiger partial charge in [0.25, 0.3) is 0 Å². The normalized spacial score (nSPS) is 18.9. The van der Waals surface area contributed by atoms with Gasteiger partial charge in [-0.25, -0.2) is 0 Å². The number of hydrogen-bond donors (Lipinski definition) is 0. The molecule has 0 N–H and O–H groups in total. The summed E-state index contributed by atoms with van der Waals surface area (Å²) < 4.78 is 6.64. The highest BCUT2D eigenvalue weighted by Crippen LogP contribution is 2.54. The minimum absolute atomic E-state index is 0.233. The Bertz CT molecular complexity index is 1120. The van der Waals surface area contributed by atoms with Crippen molar-refractivity contribution in [1.82, 2.24) is 0 Å². The molecular formula is C28H31NO. The van der Waals surface area contributed by atoms with E-state index < -0.39 is 0 Å². The Morgan fingerprint density at radius 3 is 2.00 bits per heavy atom. The highest BCUT2D eigenvalue weighted by molar-refractivity contribution is 5.73. The smallest absolute Gasteiger partial charge is 0.127 e.